The van der Waals surface area contributed by atoms with Gasteiger partial charge >= 0.3 is 0 Å². The van der Waals surface area contributed by atoms with Crippen molar-refractivity contribution in [3.8, 4) is 11.3 Å². The lowest BCUT2D eigenvalue weighted by molar-refractivity contribution is -0.138. The highest BCUT2D eigenvalue weighted by molar-refractivity contribution is 6.30. The third-order valence-corrected chi connectivity index (χ3v) is 4.98. The van der Waals surface area contributed by atoms with Crippen LogP contribution in [0.15, 0.2) is 67.0 Å². The molecule has 1 aromatic heterocycles. The van der Waals surface area contributed by atoms with Crippen LogP contribution in [0.2, 0.25) is 5.02 Å². The van der Waals surface area contributed by atoms with E-state index in [2.05, 4.69) is 9.97 Å². The van der Waals surface area contributed by atoms with E-state index in [9.17, 15) is 4.79 Å². The van der Waals surface area contributed by atoms with Gasteiger partial charge in [0, 0.05) is 29.5 Å². The van der Waals surface area contributed by atoms with Gasteiger partial charge < -0.3 is 9.64 Å². The van der Waals surface area contributed by atoms with Gasteiger partial charge in [0.15, 0.2) is 0 Å². The molecule has 0 bridgehead atoms. The Hall–Kier alpha value is -2.76. The molecule has 0 spiro atoms. The third kappa shape index (κ3) is 4.21. The van der Waals surface area contributed by atoms with Gasteiger partial charge in [-0.1, -0.05) is 54.1 Å². The Balaban J connectivity index is 1.55. The first kappa shape index (κ1) is 18.6. The van der Waals surface area contributed by atoms with Gasteiger partial charge in [0.25, 0.3) is 0 Å². The van der Waals surface area contributed by atoms with E-state index in [1.54, 1.807) is 12.4 Å². The molecule has 0 saturated carbocycles. The largest absolute Gasteiger partial charge is 0.368 e. The molecule has 0 radical (unpaired) electrons. The second kappa shape index (κ2) is 8.50. The minimum absolute atomic E-state index is 0.0905. The van der Waals surface area contributed by atoms with Gasteiger partial charge in [0.05, 0.1) is 31.0 Å². The molecule has 2 aromatic carbocycles. The Morgan fingerprint density at radius 2 is 1.93 bits per heavy atom. The number of hydrogen-bond donors (Lipinski definition) is 0. The van der Waals surface area contributed by atoms with Gasteiger partial charge in [0.1, 0.15) is 6.10 Å². The van der Waals surface area contributed by atoms with E-state index in [0.717, 1.165) is 22.5 Å². The number of carbonyl (C=O) groups excluding carboxylic acids is 1. The van der Waals surface area contributed by atoms with Gasteiger partial charge in [-0.2, -0.15) is 0 Å². The summed E-state index contributed by atoms with van der Waals surface area (Å²) in [6, 6.07) is 17.3. The number of halogens is 1. The van der Waals surface area contributed by atoms with E-state index < -0.39 is 0 Å². The van der Waals surface area contributed by atoms with E-state index in [4.69, 9.17) is 16.3 Å². The second-order valence-corrected chi connectivity index (χ2v) is 7.10. The Labute approximate surface area is 169 Å². The van der Waals surface area contributed by atoms with E-state index in [1.807, 2.05) is 59.5 Å². The highest BCUT2D eigenvalue weighted by Crippen LogP contribution is 2.30. The predicted molar refractivity (Wildman–Crippen MR) is 108 cm³/mol. The third-order valence-electron chi connectivity index (χ3n) is 4.75. The number of aromatic nitrogens is 2. The first-order chi connectivity index (χ1) is 13.7. The zero-order chi connectivity index (χ0) is 19.3. The van der Waals surface area contributed by atoms with Crippen LogP contribution >= 0.6 is 11.6 Å². The van der Waals surface area contributed by atoms with Crippen LogP contribution in [0.5, 0.6) is 0 Å². The first-order valence-electron chi connectivity index (χ1n) is 9.21. The van der Waals surface area contributed by atoms with Crippen molar-refractivity contribution < 1.29 is 9.53 Å². The van der Waals surface area contributed by atoms with Crippen LogP contribution in [0, 0.1) is 0 Å². The van der Waals surface area contributed by atoms with E-state index in [0.29, 0.717) is 31.1 Å². The summed E-state index contributed by atoms with van der Waals surface area (Å²) in [6.45, 7) is 1.50. The number of carbonyl (C=O) groups is 1. The predicted octanol–water partition coefficient (Wildman–Crippen LogP) is 3.94. The van der Waals surface area contributed by atoms with Crippen molar-refractivity contribution in [2.24, 2.45) is 0 Å². The second-order valence-electron chi connectivity index (χ2n) is 6.66. The highest BCUT2D eigenvalue weighted by atomic mass is 35.5. The fraction of sp³-hybridized carbons (Fsp3) is 0.227. The standard InChI is InChI=1S/C22H20ClN3O2/c23-18-8-4-7-17(14-18)21-22(25-10-9-24-21)19-15-26(11-12-28-19)20(27)13-16-5-2-1-3-6-16/h1-10,14,19H,11-13,15H2/t19-/m1/s1. The SMILES string of the molecule is O=C(Cc1ccccc1)N1CCO[C@@H](c2nccnc2-c2cccc(Cl)c2)C1. The molecular weight excluding hydrogens is 374 g/mol. The summed E-state index contributed by atoms with van der Waals surface area (Å²) in [5.41, 5.74) is 3.34. The van der Waals surface area contributed by atoms with Gasteiger partial charge in [-0.15, -0.1) is 0 Å². The molecule has 6 heteroatoms. The van der Waals surface area contributed by atoms with Crippen LogP contribution in [0.4, 0.5) is 0 Å². The minimum Gasteiger partial charge on any atom is -0.368 e. The smallest absolute Gasteiger partial charge is 0.227 e. The molecule has 1 amide bonds. The Bertz CT molecular complexity index is 965. The molecular formula is C22H20ClN3O2. The van der Waals surface area contributed by atoms with Crippen LogP contribution in [-0.4, -0.2) is 40.5 Å². The van der Waals surface area contributed by atoms with Gasteiger partial charge in [-0.3, -0.25) is 14.8 Å². The molecule has 1 aliphatic rings. The quantitative estimate of drug-likeness (QED) is 0.673. The van der Waals surface area contributed by atoms with Crippen molar-refractivity contribution in [1.82, 2.24) is 14.9 Å². The Kier molecular flexibility index (Phi) is 5.65. The Morgan fingerprint density at radius 3 is 2.75 bits per heavy atom. The molecule has 4 rings (SSSR count). The molecule has 0 unspecified atom stereocenters. The number of hydrogen-bond acceptors (Lipinski definition) is 4. The van der Waals surface area contributed by atoms with E-state index in [-0.39, 0.29) is 12.0 Å². The molecule has 2 heterocycles. The number of ether oxygens (including phenoxy) is 1. The number of benzene rings is 2. The van der Waals surface area contributed by atoms with Crippen molar-refractivity contribution in [2.75, 3.05) is 19.7 Å². The fourth-order valence-electron chi connectivity index (χ4n) is 3.37. The zero-order valence-corrected chi connectivity index (χ0v) is 16.0. The monoisotopic (exact) mass is 393 g/mol. The van der Waals surface area contributed by atoms with Crippen molar-refractivity contribution in [2.45, 2.75) is 12.5 Å². The summed E-state index contributed by atoms with van der Waals surface area (Å²) >= 11 is 6.14. The molecule has 28 heavy (non-hydrogen) atoms. The first-order valence-corrected chi connectivity index (χ1v) is 9.58. The zero-order valence-electron chi connectivity index (χ0n) is 15.3. The van der Waals surface area contributed by atoms with E-state index >= 15 is 0 Å². The van der Waals surface area contributed by atoms with Crippen LogP contribution < -0.4 is 0 Å². The fourth-order valence-corrected chi connectivity index (χ4v) is 3.56. The molecule has 5 nitrogen and oxygen atoms in total. The maximum atomic E-state index is 12.8. The normalized spacial score (nSPS) is 16.8. The summed E-state index contributed by atoms with van der Waals surface area (Å²) in [4.78, 5) is 23.6. The maximum absolute atomic E-state index is 12.8. The lowest BCUT2D eigenvalue weighted by Crippen LogP contribution is -2.43. The summed E-state index contributed by atoms with van der Waals surface area (Å²) in [5.74, 6) is 0.0905. The number of amides is 1. The summed E-state index contributed by atoms with van der Waals surface area (Å²) in [6.07, 6.45) is 3.37. The summed E-state index contributed by atoms with van der Waals surface area (Å²) < 4.78 is 5.96. The van der Waals surface area contributed by atoms with Gasteiger partial charge in [-0.05, 0) is 17.7 Å². The lowest BCUT2D eigenvalue weighted by Gasteiger charge is -2.33. The topological polar surface area (TPSA) is 55.3 Å². The molecule has 1 aliphatic heterocycles. The van der Waals surface area contributed by atoms with Gasteiger partial charge in [0.2, 0.25) is 5.91 Å². The summed E-state index contributed by atoms with van der Waals surface area (Å²) in [5, 5.41) is 0.637. The average molecular weight is 394 g/mol. The highest BCUT2D eigenvalue weighted by Gasteiger charge is 2.28. The van der Waals surface area contributed by atoms with Crippen LogP contribution in [0.1, 0.15) is 17.4 Å². The lowest BCUT2D eigenvalue weighted by atomic mass is 10.0. The molecule has 142 valence electrons. The van der Waals surface area contributed by atoms with Gasteiger partial charge in [-0.25, -0.2) is 0 Å². The molecule has 0 aliphatic carbocycles. The van der Waals surface area contributed by atoms with Crippen molar-refractivity contribution in [3.63, 3.8) is 0 Å². The van der Waals surface area contributed by atoms with Crippen LogP contribution in [0.3, 0.4) is 0 Å². The maximum Gasteiger partial charge on any atom is 0.227 e. The average Bonchev–Trinajstić information content (AvgIpc) is 2.74. The molecule has 1 fully saturated rings. The van der Waals surface area contributed by atoms with E-state index in [1.165, 1.54) is 0 Å². The van der Waals surface area contributed by atoms with Crippen molar-refractivity contribution in [1.29, 1.82) is 0 Å². The minimum atomic E-state index is -0.323. The molecule has 0 N–H and O–H groups in total. The summed E-state index contributed by atoms with van der Waals surface area (Å²) in [7, 11) is 0. The van der Waals surface area contributed by atoms with Crippen LogP contribution in [-0.2, 0) is 16.0 Å². The van der Waals surface area contributed by atoms with Crippen LogP contribution in [0.25, 0.3) is 11.3 Å². The molecule has 1 atom stereocenters. The number of rotatable bonds is 4. The van der Waals surface area contributed by atoms with Crippen molar-refractivity contribution in [3.05, 3.63) is 83.3 Å². The molecule has 3 aromatic rings. The number of nitrogens with zero attached hydrogens (tertiary/aromatic N) is 3. The number of morpholine rings is 1. The molecule has 1 saturated heterocycles. The Morgan fingerprint density at radius 1 is 1.11 bits per heavy atom. The van der Waals surface area contributed by atoms with Crippen molar-refractivity contribution >= 4 is 17.5 Å².